The number of carbonyl (C=O) groups excluding carboxylic acids is 2. The average molecular weight is 446 g/mol. The van der Waals surface area contributed by atoms with E-state index in [4.69, 9.17) is 20.8 Å². The normalized spacial score (nSPS) is 13.6. The zero-order valence-corrected chi connectivity index (χ0v) is 18.0. The quantitative estimate of drug-likeness (QED) is 0.629. The Morgan fingerprint density at radius 2 is 2.03 bits per heavy atom. The van der Waals surface area contributed by atoms with Gasteiger partial charge in [-0.25, -0.2) is 4.98 Å². The summed E-state index contributed by atoms with van der Waals surface area (Å²) < 4.78 is 11.0. The molecular weight excluding hydrogens is 426 g/mol. The van der Waals surface area contributed by atoms with Gasteiger partial charge in [0, 0.05) is 22.9 Å². The lowest BCUT2D eigenvalue weighted by molar-refractivity contribution is -0.146. The molecule has 0 saturated carbocycles. The maximum Gasteiger partial charge on any atom is 0.293 e. The zero-order chi connectivity index (χ0) is 21.3. The maximum atomic E-state index is 13.1. The SMILES string of the molecule is CC(C)(Oc1ccc(Cl)cc1)C(=O)N1CCc2nc(NC(=O)c3ccco3)sc2C1. The number of nitrogens with one attached hydrogen (secondary N) is 1. The van der Waals surface area contributed by atoms with E-state index in [9.17, 15) is 9.59 Å². The number of amides is 2. The standard InChI is InChI=1S/C21H20ClN3O4S/c1-21(2,29-14-7-5-13(22)6-8-14)19(27)25-10-9-15-17(12-25)30-20(23-15)24-18(26)16-4-3-11-28-16/h3-8,11H,9-10,12H2,1-2H3,(H,23,24,26). The number of fused-ring (bicyclic) bond motifs is 1. The van der Waals surface area contributed by atoms with Crippen LogP contribution >= 0.6 is 22.9 Å². The lowest BCUT2D eigenvalue weighted by Crippen LogP contribution is -2.50. The van der Waals surface area contributed by atoms with Crippen molar-refractivity contribution in [1.82, 2.24) is 9.88 Å². The molecule has 0 unspecified atom stereocenters. The third-order valence-electron chi connectivity index (χ3n) is 4.69. The Morgan fingerprint density at radius 1 is 1.27 bits per heavy atom. The molecule has 3 aromatic rings. The molecule has 2 aromatic heterocycles. The van der Waals surface area contributed by atoms with Crippen LogP contribution in [0, 0.1) is 0 Å². The minimum Gasteiger partial charge on any atom is -0.478 e. The van der Waals surface area contributed by atoms with E-state index < -0.39 is 5.60 Å². The number of thiazole rings is 1. The summed E-state index contributed by atoms with van der Waals surface area (Å²) in [7, 11) is 0. The van der Waals surface area contributed by atoms with Gasteiger partial charge in [0.25, 0.3) is 11.8 Å². The van der Waals surface area contributed by atoms with Crippen molar-refractivity contribution in [3.63, 3.8) is 0 Å². The Morgan fingerprint density at radius 3 is 2.73 bits per heavy atom. The molecule has 1 aromatic carbocycles. The summed E-state index contributed by atoms with van der Waals surface area (Å²) in [6.07, 6.45) is 2.06. The van der Waals surface area contributed by atoms with Crippen LogP contribution in [-0.4, -0.2) is 33.8 Å². The molecule has 0 spiro atoms. The monoisotopic (exact) mass is 445 g/mol. The number of benzene rings is 1. The van der Waals surface area contributed by atoms with Gasteiger partial charge in [0.2, 0.25) is 0 Å². The van der Waals surface area contributed by atoms with Crippen LogP contribution < -0.4 is 10.1 Å². The number of furan rings is 1. The van der Waals surface area contributed by atoms with Crippen LogP contribution in [-0.2, 0) is 17.8 Å². The molecule has 0 saturated heterocycles. The van der Waals surface area contributed by atoms with Crippen molar-refractivity contribution in [3.8, 4) is 5.75 Å². The number of hydrogen-bond donors (Lipinski definition) is 1. The molecule has 156 valence electrons. The van der Waals surface area contributed by atoms with Crippen molar-refractivity contribution in [1.29, 1.82) is 0 Å². The first-order valence-electron chi connectivity index (χ1n) is 9.39. The number of aromatic nitrogens is 1. The van der Waals surface area contributed by atoms with E-state index in [-0.39, 0.29) is 17.6 Å². The molecule has 3 heterocycles. The summed E-state index contributed by atoms with van der Waals surface area (Å²) in [4.78, 5) is 32.5. The van der Waals surface area contributed by atoms with Gasteiger partial charge in [0.15, 0.2) is 16.5 Å². The van der Waals surface area contributed by atoms with Crippen LogP contribution in [0.1, 0.15) is 35.0 Å². The fourth-order valence-corrected chi connectivity index (χ4v) is 4.36. The zero-order valence-electron chi connectivity index (χ0n) is 16.5. The topological polar surface area (TPSA) is 84.7 Å². The van der Waals surface area contributed by atoms with Gasteiger partial charge in [-0.3, -0.25) is 14.9 Å². The number of hydrogen-bond acceptors (Lipinski definition) is 6. The minimum absolute atomic E-state index is 0.113. The molecule has 1 N–H and O–H groups in total. The van der Waals surface area contributed by atoms with E-state index >= 15 is 0 Å². The molecule has 7 nitrogen and oxygen atoms in total. The van der Waals surface area contributed by atoms with Gasteiger partial charge in [0.05, 0.1) is 18.5 Å². The van der Waals surface area contributed by atoms with Gasteiger partial charge in [0.1, 0.15) is 5.75 Å². The van der Waals surface area contributed by atoms with E-state index in [2.05, 4.69) is 10.3 Å². The number of carbonyl (C=O) groups is 2. The van der Waals surface area contributed by atoms with Crippen LogP contribution in [0.4, 0.5) is 5.13 Å². The smallest absolute Gasteiger partial charge is 0.293 e. The first-order valence-corrected chi connectivity index (χ1v) is 10.6. The average Bonchev–Trinajstić information content (AvgIpc) is 3.37. The molecule has 0 fully saturated rings. The summed E-state index contributed by atoms with van der Waals surface area (Å²) >= 11 is 7.27. The Kier molecular flexibility index (Phi) is 5.53. The van der Waals surface area contributed by atoms with E-state index in [0.29, 0.717) is 35.4 Å². The van der Waals surface area contributed by atoms with E-state index in [1.165, 1.54) is 17.6 Å². The van der Waals surface area contributed by atoms with Gasteiger partial charge >= 0.3 is 0 Å². The second-order valence-corrected chi connectivity index (χ2v) is 8.88. The number of anilines is 1. The van der Waals surface area contributed by atoms with E-state index in [0.717, 1.165) is 10.6 Å². The molecule has 9 heteroatoms. The lowest BCUT2D eigenvalue weighted by Gasteiger charge is -2.34. The van der Waals surface area contributed by atoms with Crippen molar-refractivity contribution in [3.05, 3.63) is 64.0 Å². The number of halogens is 1. The van der Waals surface area contributed by atoms with Crippen LogP contribution in [0.5, 0.6) is 5.75 Å². The largest absolute Gasteiger partial charge is 0.478 e. The summed E-state index contributed by atoms with van der Waals surface area (Å²) in [6, 6.07) is 10.2. The third-order valence-corrected chi connectivity index (χ3v) is 5.94. The van der Waals surface area contributed by atoms with E-state index in [1.807, 2.05) is 0 Å². The molecule has 30 heavy (non-hydrogen) atoms. The predicted molar refractivity (Wildman–Crippen MR) is 114 cm³/mol. The van der Waals surface area contributed by atoms with Crippen LogP contribution in [0.25, 0.3) is 0 Å². The van der Waals surface area contributed by atoms with Crippen molar-refractivity contribution < 1.29 is 18.7 Å². The minimum atomic E-state index is -1.04. The van der Waals surface area contributed by atoms with Crippen molar-refractivity contribution in [2.24, 2.45) is 0 Å². The summed E-state index contributed by atoms with van der Waals surface area (Å²) in [6.45, 7) is 4.46. The highest BCUT2D eigenvalue weighted by Gasteiger charge is 2.36. The second-order valence-electron chi connectivity index (χ2n) is 7.36. The molecule has 2 amide bonds. The second kappa shape index (κ2) is 8.12. The van der Waals surface area contributed by atoms with Crippen molar-refractivity contribution >= 4 is 39.9 Å². The first-order chi connectivity index (χ1) is 14.3. The van der Waals surface area contributed by atoms with Gasteiger partial charge in [-0.05, 0) is 50.2 Å². The van der Waals surface area contributed by atoms with Crippen molar-refractivity contribution in [2.45, 2.75) is 32.4 Å². The fraction of sp³-hybridized carbons (Fsp3) is 0.286. The Labute approximate surface area is 182 Å². The Bertz CT molecular complexity index is 1060. The number of ether oxygens (including phenoxy) is 1. The summed E-state index contributed by atoms with van der Waals surface area (Å²) in [5.74, 6) is 0.339. The Balaban J connectivity index is 1.43. The highest BCUT2D eigenvalue weighted by atomic mass is 35.5. The Hall–Kier alpha value is -2.84. The molecule has 0 aliphatic carbocycles. The van der Waals surface area contributed by atoms with Gasteiger partial charge in [-0.2, -0.15) is 0 Å². The maximum absolute atomic E-state index is 13.1. The molecular formula is C21H20ClN3O4S. The van der Waals surface area contributed by atoms with E-state index in [1.54, 1.807) is 55.1 Å². The van der Waals surface area contributed by atoms with Crippen LogP contribution in [0.2, 0.25) is 5.02 Å². The summed E-state index contributed by atoms with van der Waals surface area (Å²) in [5, 5.41) is 3.85. The van der Waals surface area contributed by atoms with Gasteiger partial charge in [-0.15, -0.1) is 0 Å². The van der Waals surface area contributed by atoms with Crippen LogP contribution in [0.3, 0.4) is 0 Å². The highest BCUT2D eigenvalue weighted by molar-refractivity contribution is 7.15. The molecule has 1 aliphatic rings. The highest BCUT2D eigenvalue weighted by Crippen LogP contribution is 2.30. The number of nitrogens with zero attached hydrogens (tertiary/aromatic N) is 2. The lowest BCUT2D eigenvalue weighted by atomic mass is 10.1. The molecule has 0 atom stereocenters. The fourth-order valence-electron chi connectivity index (χ4n) is 3.21. The van der Waals surface area contributed by atoms with Crippen LogP contribution in [0.15, 0.2) is 47.1 Å². The molecule has 1 aliphatic heterocycles. The molecule has 0 bridgehead atoms. The number of rotatable bonds is 5. The summed E-state index contributed by atoms with van der Waals surface area (Å²) in [5.41, 5.74) is -0.137. The molecule has 0 radical (unpaired) electrons. The van der Waals surface area contributed by atoms with Crippen molar-refractivity contribution in [2.75, 3.05) is 11.9 Å². The first kappa shape index (κ1) is 20.4. The van der Waals surface area contributed by atoms with Gasteiger partial charge < -0.3 is 14.1 Å². The molecule has 4 rings (SSSR count). The van der Waals surface area contributed by atoms with Gasteiger partial charge in [-0.1, -0.05) is 22.9 Å². The third kappa shape index (κ3) is 4.34. The predicted octanol–water partition coefficient (Wildman–Crippen LogP) is 4.38.